The molecule has 0 aliphatic carbocycles. The van der Waals surface area contributed by atoms with Crippen LogP contribution in [0.15, 0.2) is 102 Å². The van der Waals surface area contributed by atoms with Crippen LogP contribution < -0.4 is 9.62 Å². The summed E-state index contributed by atoms with van der Waals surface area (Å²) in [6, 6.07) is 26.8. The van der Waals surface area contributed by atoms with E-state index < -0.39 is 28.5 Å². The molecule has 0 spiro atoms. The highest BCUT2D eigenvalue weighted by Gasteiger charge is 2.35. The smallest absolute Gasteiger partial charge is 0.264 e. The number of benzene rings is 4. The maximum atomic E-state index is 14.6. The lowest BCUT2D eigenvalue weighted by atomic mass is 10.0. The zero-order valence-electron chi connectivity index (χ0n) is 27.3. The van der Waals surface area contributed by atoms with E-state index in [0.29, 0.717) is 21.3 Å². The van der Waals surface area contributed by atoms with Crippen molar-refractivity contribution in [3.63, 3.8) is 0 Å². The van der Waals surface area contributed by atoms with Crippen LogP contribution in [-0.4, -0.2) is 43.8 Å². The third-order valence-corrected chi connectivity index (χ3v) is 10.3. The van der Waals surface area contributed by atoms with Crippen molar-refractivity contribution in [3.8, 4) is 0 Å². The quantitative estimate of drug-likeness (QED) is 0.155. The number of carbonyl (C=O) groups excluding carboxylic acids is 2. The predicted octanol–water partition coefficient (Wildman–Crippen LogP) is 7.79. The van der Waals surface area contributed by atoms with E-state index in [4.69, 9.17) is 23.2 Å². The van der Waals surface area contributed by atoms with Crippen molar-refractivity contribution in [2.24, 2.45) is 0 Å². The number of sulfonamides is 1. The molecular weight excluding hydrogens is 653 g/mol. The molecule has 10 heteroatoms. The van der Waals surface area contributed by atoms with Crippen LogP contribution in [0.25, 0.3) is 0 Å². The van der Waals surface area contributed by atoms with Crippen molar-refractivity contribution in [3.05, 3.63) is 129 Å². The first-order chi connectivity index (χ1) is 22.3. The molecule has 2 amide bonds. The van der Waals surface area contributed by atoms with Gasteiger partial charge in [0.15, 0.2) is 0 Å². The number of halogens is 2. The molecule has 47 heavy (non-hydrogen) atoms. The number of nitrogens with zero attached hydrogens (tertiary/aromatic N) is 2. The molecular formula is C37H41Cl2N3O4S. The summed E-state index contributed by atoms with van der Waals surface area (Å²) in [5.41, 5.74) is 3.53. The van der Waals surface area contributed by atoms with Gasteiger partial charge in [-0.05, 0) is 74.2 Å². The summed E-state index contributed by atoms with van der Waals surface area (Å²) in [6.07, 6.45) is 0.182. The van der Waals surface area contributed by atoms with E-state index in [2.05, 4.69) is 5.32 Å². The van der Waals surface area contributed by atoms with Crippen molar-refractivity contribution in [2.45, 2.75) is 70.5 Å². The van der Waals surface area contributed by atoms with Crippen LogP contribution in [0, 0.1) is 6.92 Å². The van der Waals surface area contributed by atoms with Gasteiger partial charge in [-0.1, -0.05) is 103 Å². The normalized spacial score (nSPS) is 12.2. The number of hydrogen-bond donors (Lipinski definition) is 1. The number of hydrogen-bond acceptors (Lipinski definition) is 4. The van der Waals surface area contributed by atoms with Crippen molar-refractivity contribution < 1.29 is 18.0 Å². The summed E-state index contributed by atoms with van der Waals surface area (Å²) < 4.78 is 29.6. The fourth-order valence-corrected chi connectivity index (χ4v) is 7.11. The van der Waals surface area contributed by atoms with Crippen molar-refractivity contribution in [1.29, 1.82) is 0 Å². The highest BCUT2D eigenvalue weighted by molar-refractivity contribution is 7.92. The molecule has 4 rings (SSSR count). The minimum Gasteiger partial charge on any atom is -0.352 e. The Kier molecular flexibility index (Phi) is 12.1. The Morgan fingerprint density at radius 2 is 1.38 bits per heavy atom. The maximum Gasteiger partial charge on any atom is 0.264 e. The lowest BCUT2D eigenvalue weighted by Gasteiger charge is -2.34. The third-order valence-electron chi connectivity index (χ3n) is 7.83. The van der Waals surface area contributed by atoms with Gasteiger partial charge >= 0.3 is 0 Å². The third kappa shape index (κ3) is 9.15. The first-order valence-electron chi connectivity index (χ1n) is 15.5. The van der Waals surface area contributed by atoms with Crippen LogP contribution in [0.1, 0.15) is 55.9 Å². The second-order valence-electron chi connectivity index (χ2n) is 12.2. The molecule has 1 atom stereocenters. The van der Waals surface area contributed by atoms with Crippen molar-refractivity contribution in [2.75, 3.05) is 10.8 Å². The monoisotopic (exact) mass is 693 g/mol. The van der Waals surface area contributed by atoms with E-state index in [9.17, 15) is 18.0 Å². The summed E-state index contributed by atoms with van der Waals surface area (Å²) in [7, 11) is -4.21. The average molecular weight is 695 g/mol. The lowest BCUT2D eigenvalue weighted by Crippen LogP contribution is -2.54. The van der Waals surface area contributed by atoms with Gasteiger partial charge in [0.25, 0.3) is 10.0 Å². The molecule has 0 radical (unpaired) electrons. The number of rotatable bonds is 13. The summed E-state index contributed by atoms with van der Waals surface area (Å²) in [6.45, 7) is 8.95. The number of carbonyl (C=O) groups is 2. The van der Waals surface area contributed by atoms with Gasteiger partial charge < -0.3 is 10.2 Å². The molecule has 0 bridgehead atoms. The van der Waals surface area contributed by atoms with Crippen molar-refractivity contribution in [1.82, 2.24) is 10.2 Å². The maximum absolute atomic E-state index is 14.6. The van der Waals surface area contributed by atoms with Crippen LogP contribution in [0.2, 0.25) is 10.0 Å². The molecule has 7 nitrogen and oxygen atoms in total. The van der Waals surface area contributed by atoms with Gasteiger partial charge in [0.05, 0.1) is 10.6 Å². The van der Waals surface area contributed by atoms with Crippen LogP contribution >= 0.6 is 23.2 Å². The topological polar surface area (TPSA) is 86.8 Å². The highest BCUT2D eigenvalue weighted by atomic mass is 35.5. The molecule has 4 aromatic carbocycles. The van der Waals surface area contributed by atoms with Gasteiger partial charge in [-0.25, -0.2) is 8.42 Å². The molecule has 0 saturated carbocycles. The minimum atomic E-state index is -4.21. The molecule has 1 N–H and O–H groups in total. The second kappa shape index (κ2) is 15.8. The predicted molar refractivity (Wildman–Crippen MR) is 190 cm³/mol. The molecule has 0 aliphatic rings. The van der Waals surface area contributed by atoms with Crippen molar-refractivity contribution >= 4 is 50.7 Å². The van der Waals surface area contributed by atoms with E-state index in [0.717, 1.165) is 21.0 Å². The zero-order valence-corrected chi connectivity index (χ0v) is 29.6. The Bertz CT molecular complexity index is 1760. The SMILES string of the molecule is Cc1ccc(S(=O)(=O)N(CC(=O)N(Cc2c(Cl)cccc2Cl)C(Cc2ccccc2)C(=O)NC(C)C)c2ccc(C(C)C)cc2)cc1. The fraction of sp³-hybridized carbons (Fsp3) is 0.297. The van der Waals surface area contributed by atoms with Crippen LogP contribution in [-0.2, 0) is 32.6 Å². The Morgan fingerprint density at radius 1 is 0.787 bits per heavy atom. The molecule has 1 unspecified atom stereocenters. The van der Waals surface area contributed by atoms with E-state index in [-0.39, 0.29) is 35.7 Å². The second-order valence-corrected chi connectivity index (χ2v) is 14.8. The van der Waals surface area contributed by atoms with E-state index in [1.807, 2.05) is 77.1 Å². The van der Waals surface area contributed by atoms with Gasteiger partial charge in [-0.2, -0.15) is 0 Å². The van der Waals surface area contributed by atoms with E-state index >= 15 is 0 Å². The Hall–Kier alpha value is -3.85. The average Bonchev–Trinajstić information content (AvgIpc) is 3.03. The molecule has 0 fully saturated rings. The fourth-order valence-electron chi connectivity index (χ4n) is 5.18. The number of aryl methyl sites for hydroxylation is 1. The minimum absolute atomic E-state index is 0.0444. The first-order valence-corrected chi connectivity index (χ1v) is 17.7. The molecule has 0 aliphatic heterocycles. The summed E-state index contributed by atoms with van der Waals surface area (Å²) in [4.78, 5) is 29.9. The molecule has 0 saturated heterocycles. The van der Waals surface area contributed by atoms with Gasteiger partial charge in [0.1, 0.15) is 12.6 Å². The van der Waals surface area contributed by atoms with E-state index in [1.165, 1.54) is 17.0 Å². The van der Waals surface area contributed by atoms with Gasteiger partial charge in [0.2, 0.25) is 11.8 Å². The molecule has 0 aromatic heterocycles. The first kappa shape index (κ1) is 36.0. The number of amides is 2. The standard InChI is InChI=1S/C37H41Cl2N3O4S/c1-25(2)29-16-18-30(19-17-29)42(47(45,46)31-20-14-27(5)15-21-31)24-36(43)41(23-32-33(38)12-9-13-34(32)39)35(37(44)40-26(3)4)22-28-10-7-6-8-11-28/h6-21,25-26,35H,22-24H2,1-5H3,(H,40,44). The zero-order chi connectivity index (χ0) is 34.3. The molecule has 248 valence electrons. The van der Waals surface area contributed by atoms with Crippen LogP contribution in [0.5, 0.6) is 0 Å². The van der Waals surface area contributed by atoms with Gasteiger partial charge in [0, 0.05) is 34.6 Å². The van der Waals surface area contributed by atoms with Crippen LogP contribution in [0.3, 0.4) is 0 Å². The number of nitrogens with one attached hydrogen (secondary N) is 1. The van der Waals surface area contributed by atoms with Crippen LogP contribution in [0.4, 0.5) is 5.69 Å². The van der Waals surface area contributed by atoms with Gasteiger partial charge in [-0.3, -0.25) is 13.9 Å². The Balaban J connectivity index is 1.85. The molecule has 0 heterocycles. The Morgan fingerprint density at radius 3 is 1.94 bits per heavy atom. The summed E-state index contributed by atoms with van der Waals surface area (Å²) in [5.74, 6) is -0.749. The molecule has 4 aromatic rings. The van der Waals surface area contributed by atoms with Gasteiger partial charge in [-0.15, -0.1) is 0 Å². The Labute approximate surface area is 288 Å². The number of anilines is 1. The largest absolute Gasteiger partial charge is 0.352 e. The lowest BCUT2D eigenvalue weighted by molar-refractivity contribution is -0.140. The summed E-state index contributed by atoms with van der Waals surface area (Å²) in [5, 5.41) is 3.60. The highest BCUT2D eigenvalue weighted by Crippen LogP contribution is 2.30. The van der Waals surface area contributed by atoms with E-state index in [1.54, 1.807) is 42.5 Å². The summed E-state index contributed by atoms with van der Waals surface area (Å²) >= 11 is 13.2.